The van der Waals surface area contributed by atoms with Gasteiger partial charge in [0.2, 0.25) is 0 Å². The van der Waals surface area contributed by atoms with Crippen LogP contribution in [0.2, 0.25) is 39.3 Å². The van der Waals surface area contributed by atoms with Crippen LogP contribution in [0.25, 0.3) is 0 Å². The normalized spacial score (nSPS) is 15.0. The van der Waals surface area contributed by atoms with Crippen molar-refractivity contribution in [1.29, 1.82) is 0 Å². The van der Waals surface area contributed by atoms with Gasteiger partial charge in [0.05, 0.1) is 0 Å². The third-order valence-electron chi connectivity index (χ3n) is 3.61. The van der Waals surface area contributed by atoms with Crippen molar-refractivity contribution in [3.63, 3.8) is 0 Å². The highest BCUT2D eigenvalue weighted by Crippen LogP contribution is 2.27. The zero-order valence-corrected chi connectivity index (χ0v) is 19.1. The molecule has 0 aromatic rings. The van der Waals surface area contributed by atoms with Crippen LogP contribution in [0.1, 0.15) is 40.0 Å². The van der Waals surface area contributed by atoms with E-state index in [2.05, 4.69) is 64.3 Å². The van der Waals surface area contributed by atoms with Crippen molar-refractivity contribution in [3.8, 4) is 0 Å². The maximum absolute atomic E-state index is 6.13. The smallest absolute Gasteiger partial charge is 0.337 e. The fourth-order valence-electron chi connectivity index (χ4n) is 3.40. The van der Waals surface area contributed by atoms with Crippen LogP contribution in [0, 0.1) is 0 Å². The molecule has 0 saturated carbocycles. The van der Waals surface area contributed by atoms with Crippen molar-refractivity contribution in [3.05, 3.63) is 0 Å². The minimum absolute atomic E-state index is 0.545. The molecule has 0 amide bonds. The van der Waals surface area contributed by atoms with Gasteiger partial charge in [0, 0.05) is 18.9 Å². The van der Waals surface area contributed by atoms with Gasteiger partial charge in [0.1, 0.15) is 16.5 Å². The number of hydrogen-bond donors (Lipinski definition) is 0. The maximum Gasteiger partial charge on any atom is 0.337 e. The van der Waals surface area contributed by atoms with E-state index in [0.29, 0.717) is 5.67 Å². The Labute approximate surface area is 137 Å². The van der Waals surface area contributed by atoms with E-state index in [1.165, 1.54) is 19.3 Å². The summed E-state index contributed by atoms with van der Waals surface area (Å²) in [6.45, 7) is 22.9. The predicted octanol–water partition coefficient (Wildman–Crippen LogP) is 4.35. The van der Waals surface area contributed by atoms with Gasteiger partial charge in [0.15, 0.2) is 0 Å². The molecule has 0 aromatic carbocycles. The Balaban J connectivity index is 5.48. The van der Waals surface area contributed by atoms with E-state index in [-0.39, 0.29) is 0 Å². The molecule has 0 aromatic heterocycles. The molecule has 0 rings (SSSR count). The predicted molar refractivity (Wildman–Crippen MR) is 102 cm³/mol. The van der Waals surface area contributed by atoms with Crippen LogP contribution < -0.4 is 0 Å². The van der Waals surface area contributed by atoms with Crippen molar-refractivity contribution < 1.29 is 8.85 Å². The molecule has 0 heterocycles. The van der Waals surface area contributed by atoms with Gasteiger partial charge in [0.25, 0.3) is 0 Å². The zero-order valence-electron chi connectivity index (χ0n) is 16.0. The van der Waals surface area contributed by atoms with Crippen LogP contribution in [0.3, 0.4) is 0 Å². The molecule has 0 spiro atoms. The number of rotatable bonds is 11. The molecule has 21 heavy (non-hydrogen) atoms. The second-order valence-corrected chi connectivity index (χ2v) is 20.0. The number of unbranched alkanes of at least 4 members (excludes halogenated alkanes) is 1. The van der Waals surface area contributed by atoms with E-state index in [4.69, 9.17) is 8.85 Å². The van der Waals surface area contributed by atoms with Gasteiger partial charge in [-0.15, -0.1) is 0 Å². The van der Waals surface area contributed by atoms with E-state index >= 15 is 0 Å². The second-order valence-electron chi connectivity index (χ2n) is 7.70. The summed E-state index contributed by atoms with van der Waals surface area (Å²) in [5.74, 6) is 0. The summed E-state index contributed by atoms with van der Waals surface area (Å²) in [5, 5.41) is 0. The molecule has 0 aliphatic rings. The third-order valence-corrected chi connectivity index (χ3v) is 14.4. The summed E-state index contributed by atoms with van der Waals surface area (Å²) in [6, 6.07) is 0. The monoisotopic (exact) mass is 349 g/mol. The fraction of sp³-hybridized carbons (Fsp3) is 1.00. The summed E-state index contributed by atoms with van der Waals surface area (Å²) in [6.07, 6.45) is 3.77. The molecule has 0 aliphatic heterocycles. The Kier molecular flexibility index (Phi) is 9.86. The lowest BCUT2D eigenvalue weighted by molar-refractivity contribution is 0.190. The quantitative estimate of drug-likeness (QED) is 0.518. The van der Waals surface area contributed by atoms with Crippen LogP contribution in [-0.2, 0) is 8.85 Å². The molecule has 3 nitrogen and oxygen atoms in total. The lowest BCUT2D eigenvalue weighted by Crippen LogP contribution is -2.67. The summed E-state index contributed by atoms with van der Waals surface area (Å²) in [7, 11) is -4.41. The first kappa shape index (κ1) is 21.5. The zero-order chi connectivity index (χ0) is 16.7. The first-order valence-electron chi connectivity index (χ1n) is 8.62. The lowest BCUT2D eigenvalue weighted by Gasteiger charge is -2.50. The summed E-state index contributed by atoms with van der Waals surface area (Å²) in [5.41, 5.74) is 0.545. The third kappa shape index (κ3) is 7.56. The van der Waals surface area contributed by atoms with Gasteiger partial charge in [-0.05, 0) is 20.3 Å². The molecule has 0 N–H and O–H groups in total. The van der Waals surface area contributed by atoms with Crippen molar-refractivity contribution in [2.24, 2.45) is 0 Å². The minimum atomic E-state index is -1.64. The molecule has 0 aliphatic carbocycles. The summed E-state index contributed by atoms with van der Waals surface area (Å²) < 4.78 is 15.2. The molecule has 1 unspecified atom stereocenters. The first-order valence-corrected chi connectivity index (χ1v) is 17.1. The van der Waals surface area contributed by atoms with E-state index in [1.807, 2.05) is 0 Å². The standard InChI is InChI=1S/C15H39NO2Si3/c1-10-13-14-15(19(17-11-2)18-12-3)16(20(4,5)6)21(7,8)9/h15,19H,10-14H2,1-9H3. The van der Waals surface area contributed by atoms with E-state index in [1.54, 1.807) is 0 Å². The lowest BCUT2D eigenvalue weighted by atomic mass is 10.2. The molecule has 0 bridgehead atoms. The van der Waals surface area contributed by atoms with Gasteiger partial charge in [-0.2, -0.15) is 0 Å². The van der Waals surface area contributed by atoms with E-state index in [9.17, 15) is 0 Å². The molecular weight excluding hydrogens is 310 g/mol. The van der Waals surface area contributed by atoms with Gasteiger partial charge >= 0.3 is 9.28 Å². The van der Waals surface area contributed by atoms with Crippen molar-refractivity contribution in [1.82, 2.24) is 4.23 Å². The SMILES string of the molecule is CCCCC(N([Si](C)(C)C)[Si](C)(C)C)[SiH](OCC)OCC. The molecule has 1 atom stereocenters. The highest BCUT2D eigenvalue weighted by Gasteiger charge is 2.43. The Morgan fingerprint density at radius 2 is 1.29 bits per heavy atom. The summed E-state index contributed by atoms with van der Waals surface area (Å²) in [4.78, 5) is 0. The molecule has 0 fully saturated rings. The van der Waals surface area contributed by atoms with Gasteiger partial charge in [-0.25, -0.2) is 0 Å². The molecule has 0 radical (unpaired) electrons. The minimum Gasteiger partial charge on any atom is -0.396 e. The Bertz CT molecular complexity index is 257. The fourth-order valence-corrected chi connectivity index (χ4v) is 19.1. The maximum atomic E-state index is 6.13. The van der Waals surface area contributed by atoms with Gasteiger partial charge in [-0.1, -0.05) is 59.0 Å². The average Bonchev–Trinajstić information content (AvgIpc) is 2.30. The summed E-state index contributed by atoms with van der Waals surface area (Å²) >= 11 is 0. The Morgan fingerprint density at radius 3 is 1.57 bits per heavy atom. The molecule has 128 valence electrons. The van der Waals surface area contributed by atoms with Gasteiger partial charge in [-0.3, -0.25) is 0 Å². The van der Waals surface area contributed by atoms with Crippen LogP contribution in [-0.4, -0.2) is 48.9 Å². The largest absolute Gasteiger partial charge is 0.396 e. The van der Waals surface area contributed by atoms with Crippen LogP contribution in [0.5, 0.6) is 0 Å². The second kappa shape index (κ2) is 9.62. The Morgan fingerprint density at radius 1 is 0.857 bits per heavy atom. The topological polar surface area (TPSA) is 21.7 Å². The first-order chi connectivity index (χ1) is 9.59. The van der Waals surface area contributed by atoms with Crippen molar-refractivity contribution in [2.45, 2.75) is 85.0 Å². The number of hydrogen-bond acceptors (Lipinski definition) is 3. The van der Waals surface area contributed by atoms with Crippen LogP contribution in [0.15, 0.2) is 0 Å². The van der Waals surface area contributed by atoms with Crippen molar-refractivity contribution >= 4 is 25.8 Å². The highest BCUT2D eigenvalue weighted by atomic mass is 28.4. The molecule has 0 saturated heterocycles. The number of nitrogens with zero attached hydrogens (tertiary/aromatic N) is 1. The van der Waals surface area contributed by atoms with E-state index < -0.39 is 25.8 Å². The van der Waals surface area contributed by atoms with E-state index in [0.717, 1.165) is 13.2 Å². The highest BCUT2D eigenvalue weighted by molar-refractivity contribution is 6.90. The van der Waals surface area contributed by atoms with Crippen molar-refractivity contribution in [2.75, 3.05) is 13.2 Å². The average molecular weight is 350 g/mol. The van der Waals surface area contributed by atoms with Crippen LogP contribution >= 0.6 is 0 Å². The van der Waals surface area contributed by atoms with Crippen LogP contribution in [0.4, 0.5) is 0 Å². The van der Waals surface area contributed by atoms with Gasteiger partial charge < -0.3 is 13.1 Å². The molecular formula is C15H39NO2Si3. The molecule has 6 heteroatoms. The Hall–Kier alpha value is 0.531.